The normalized spacial score (nSPS) is 11.2. The van der Waals surface area contributed by atoms with E-state index in [1.165, 1.54) is 5.56 Å². The van der Waals surface area contributed by atoms with Crippen molar-refractivity contribution in [3.05, 3.63) is 83.0 Å². The molecule has 1 heterocycles. The first-order valence-electron chi connectivity index (χ1n) is 8.47. The molecule has 3 aromatic rings. The highest BCUT2D eigenvalue weighted by atomic mass is 35.5. The topological polar surface area (TPSA) is 42.0 Å². The highest BCUT2D eigenvalue weighted by Gasteiger charge is 2.14. The Hall–Kier alpha value is -2.65. The van der Waals surface area contributed by atoms with Crippen molar-refractivity contribution in [2.75, 3.05) is 5.32 Å². The number of anilines is 1. The molecule has 2 aromatic carbocycles. The van der Waals surface area contributed by atoms with Gasteiger partial charge in [-0.25, -0.2) is 0 Å². The fourth-order valence-electron chi connectivity index (χ4n) is 2.67. The summed E-state index contributed by atoms with van der Waals surface area (Å²) >= 11 is 6.21. The van der Waals surface area contributed by atoms with E-state index in [4.69, 9.17) is 11.6 Å². The summed E-state index contributed by atoms with van der Waals surface area (Å²) < 4.78 is 0. The van der Waals surface area contributed by atoms with Crippen LogP contribution >= 0.6 is 11.6 Å². The summed E-state index contributed by atoms with van der Waals surface area (Å²) in [6, 6.07) is 18.8. The van der Waals surface area contributed by atoms with E-state index in [2.05, 4.69) is 31.1 Å². The number of pyridine rings is 1. The van der Waals surface area contributed by atoms with Crippen LogP contribution < -0.4 is 5.32 Å². The van der Waals surface area contributed by atoms with Crippen LogP contribution in [-0.2, 0) is 5.41 Å². The number of nitrogens with one attached hydrogen (secondary N) is 1. The molecule has 0 atom stereocenters. The summed E-state index contributed by atoms with van der Waals surface area (Å²) in [5.74, 6) is -0.144. The first kappa shape index (κ1) is 18.2. The zero-order chi connectivity index (χ0) is 18.7. The van der Waals surface area contributed by atoms with Crippen LogP contribution in [0.4, 0.5) is 5.69 Å². The summed E-state index contributed by atoms with van der Waals surface area (Å²) in [6.07, 6.45) is 1.70. The zero-order valence-electron chi connectivity index (χ0n) is 15.1. The highest BCUT2D eigenvalue weighted by Crippen LogP contribution is 2.27. The van der Waals surface area contributed by atoms with Crippen molar-refractivity contribution < 1.29 is 4.79 Å². The molecule has 0 unspecified atom stereocenters. The minimum Gasteiger partial charge on any atom is -0.322 e. The quantitative estimate of drug-likeness (QED) is 0.623. The first-order chi connectivity index (χ1) is 12.3. The minimum atomic E-state index is -0.144. The Morgan fingerprint density at radius 1 is 1.00 bits per heavy atom. The lowest BCUT2D eigenvalue weighted by Gasteiger charge is -2.19. The molecule has 4 heteroatoms. The van der Waals surface area contributed by atoms with E-state index in [9.17, 15) is 4.79 Å². The van der Waals surface area contributed by atoms with E-state index in [1.807, 2.05) is 48.5 Å². The number of aromatic nitrogens is 1. The molecule has 1 N–H and O–H groups in total. The summed E-state index contributed by atoms with van der Waals surface area (Å²) in [5, 5.41) is 3.51. The van der Waals surface area contributed by atoms with E-state index in [0.29, 0.717) is 22.0 Å². The molecule has 0 fully saturated rings. The van der Waals surface area contributed by atoms with Crippen LogP contribution in [0.25, 0.3) is 11.3 Å². The summed E-state index contributed by atoms with van der Waals surface area (Å²) in [7, 11) is 0. The van der Waals surface area contributed by atoms with Crippen molar-refractivity contribution in [3.8, 4) is 11.3 Å². The van der Waals surface area contributed by atoms with Crippen molar-refractivity contribution in [1.82, 2.24) is 4.98 Å². The maximum absolute atomic E-state index is 12.5. The molecular formula is C22H21ClN2O. The molecule has 0 bridgehead atoms. The average molecular weight is 365 g/mol. The molecule has 0 spiro atoms. The lowest BCUT2D eigenvalue weighted by Crippen LogP contribution is -2.14. The monoisotopic (exact) mass is 364 g/mol. The van der Waals surface area contributed by atoms with Crippen molar-refractivity contribution in [2.24, 2.45) is 0 Å². The third-order valence-electron chi connectivity index (χ3n) is 4.17. The smallest absolute Gasteiger partial charge is 0.255 e. The van der Waals surface area contributed by atoms with Crippen LogP contribution in [0.1, 0.15) is 36.7 Å². The van der Waals surface area contributed by atoms with Crippen LogP contribution in [0.2, 0.25) is 5.02 Å². The number of carbonyl (C=O) groups is 1. The number of benzene rings is 2. The molecule has 1 amide bonds. The van der Waals surface area contributed by atoms with Crippen LogP contribution in [0.3, 0.4) is 0 Å². The van der Waals surface area contributed by atoms with Gasteiger partial charge in [-0.05, 0) is 47.4 Å². The SMILES string of the molecule is CC(C)(C)c1ccc(C(=O)Nc2cccc(-c3ncccc3Cl)c2)cc1. The third-order valence-corrected chi connectivity index (χ3v) is 4.47. The fourth-order valence-corrected chi connectivity index (χ4v) is 2.90. The largest absolute Gasteiger partial charge is 0.322 e. The number of amides is 1. The molecular weight excluding hydrogens is 344 g/mol. The number of halogens is 1. The number of nitrogens with zero attached hydrogens (tertiary/aromatic N) is 1. The summed E-state index contributed by atoms with van der Waals surface area (Å²) in [4.78, 5) is 16.9. The minimum absolute atomic E-state index is 0.0608. The number of carbonyl (C=O) groups excluding carboxylic acids is 1. The van der Waals surface area contributed by atoms with Crippen molar-refractivity contribution in [3.63, 3.8) is 0 Å². The molecule has 0 radical (unpaired) electrons. The van der Waals surface area contributed by atoms with Gasteiger partial charge in [0, 0.05) is 23.0 Å². The van der Waals surface area contributed by atoms with E-state index < -0.39 is 0 Å². The molecule has 0 aliphatic heterocycles. The molecule has 0 saturated heterocycles. The molecule has 3 rings (SSSR count). The van der Waals surface area contributed by atoms with Gasteiger partial charge in [0.25, 0.3) is 5.91 Å². The molecule has 1 aromatic heterocycles. The van der Waals surface area contributed by atoms with Gasteiger partial charge in [-0.3, -0.25) is 9.78 Å². The predicted octanol–water partition coefficient (Wildman–Crippen LogP) is 5.95. The highest BCUT2D eigenvalue weighted by molar-refractivity contribution is 6.33. The Kier molecular flexibility index (Phi) is 5.10. The van der Waals surface area contributed by atoms with Gasteiger partial charge in [0.2, 0.25) is 0 Å². The lowest BCUT2D eigenvalue weighted by molar-refractivity contribution is 0.102. The van der Waals surface area contributed by atoms with E-state index in [1.54, 1.807) is 18.3 Å². The molecule has 26 heavy (non-hydrogen) atoms. The molecule has 3 nitrogen and oxygen atoms in total. The Bertz CT molecular complexity index is 927. The average Bonchev–Trinajstić information content (AvgIpc) is 2.62. The van der Waals surface area contributed by atoms with Gasteiger partial charge in [0.05, 0.1) is 10.7 Å². The van der Waals surface area contributed by atoms with Gasteiger partial charge >= 0.3 is 0 Å². The number of hydrogen-bond acceptors (Lipinski definition) is 2. The van der Waals surface area contributed by atoms with Crippen LogP contribution in [0.5, 0.6) is 0 Å². The maximum Gasteiger partial charge on any atom is 0.255 e. The van der Waals surface area contributed by atoms with E-state index in [0.717, 1.165) is 5.56 Å². The Balaban J connectivity index is 1.80. The van der Waals surface area contributed by atoms with Crippen molar-refractivity contribution in [1.29, 1.82) is 0 Å². The van der Waals surface area contributed by atoms with Gasteiger partial charge in [-0.2, -0.15) is 0 Å². The zero-order valence-corrected chi connectivity index (χ0v) is 15.8. The van der Waals surface area contributed by atoms with Gasteiger partial charge in [-0.1, -0.05) is 56.6 Å². The Labute approximate surface area is 159 Å². The van der Waals surface area contributed by atoms with Gasteiger partial charge in [0.1, 0.15) is 0 Å². The van der Waals surface area contributed by atoms with E-state index in [-0.39, 0.29) is 11.3 Å². The van der Waals surface area contributed by atoms with Gasteiger partial charge in [-0.15, -0.1) is 0 Å². The maximum atomic E-state index is 12.5. The Morgan fingerprint density at radius 2 is 1.73 bits per heavy atom. The predicted molar refractivity (Wildman–Crippen MR) is 108 cm³/mol. The van der Waals surface area contributed by atoms with Gasteiger partial charge in [0.15, 0.2) is 0 Å². The van der Waals surface area contributed by atoms with Crippen LogP contribution in [-0.4, -0.2) is 10.9 Å². The van der Waals surface area contributed by atoms with Crippen LogP contribution in [0, 0.1) is 0 Å². The third kappa shape index (κ3) is 4.12. The lowest BCUT2D eigenvalue weighted by atomic mass is 9.87. The second-order valence-electron chi connectivity index (χ2n) is 7.20. The second-order valence-corrected chi connectivity index (χ2v) is 7.60. The first-order valence-corrected chi connectivity index (χ1v) is 8.85. The fraction of sp³-hybridized carbons (Fsp3) is 0.182. The van der Waals surface area contributed by atoms with Crippen molar-refractivity contribution >= 4 is 23.2 Å². The molecule has 0 aliphatic carbocycles. The molecule has 132 valence electrons. The Morgan fingerprint density at radius 3 is 2.38 bits per heavy atom. The van der Waals surface area contributed by atoms with Crippen LogP contribution in [0.15, 0.2) is 66.9 Å². The molecule has 0 aliphatic rings. The number of hydrogen-bond donors (Lipinski definition) is 1. The second kappa shape index (κ2) is 7.30. The standard InChI is InChI=1S/C22H21ClN2O/c1-22(2,3)17-11-9-15(10-12-17)21(26)25-18-7-4-6-16(14-18)20-19(23)8-5-13-24-20/h4-14H,1-3H3,(H,25,26). The summed E-state index contributed by atoms with van der Waals surface area (Å²) in [6.45, 7) is 6.45. The summed E-state index contributed by atoms with van der Waals surface area (Å²) in [5.41, 5.74) is 4.14. The van der Waals surface area contributed by atoms with Crippen molar-refractivity contribution in [2.45, 2.75) is 26.2 Å². The molecule has 0 saturated carbocycles. The number of rotatable bonds is 3. The van der Waals surface area contributed by atoms with E-state index >= 15 is 0 Å². The van der Waals surface area contributed by atoms with Gasteiger partial charge < -0.3 is 5.32 Å².